The number of alkyl halides is 3. The SMILES string of the molecule is Cc1cc2c(cc1C(F)(F)F)N1[C@H](C2)CN(C(=O)OC(C)(C)C)C[C@H]1C. The maximum Gasteiger partial charge on any atom is 0.416 e. The number of aryl methyl sites for hydroxylation is 1. The molecule has 3 rings (SSSR count). The number of piperazine rings is 1. The molecule has 4 nitrogen and oxygen atoms in total. The van der Waals surface area contributed by atoms with Gasteiger partial charge in [0.05, 0.1) is 11.6 Å². The van der Waals surface area contributed by atoms with Gasteiger partial charge in [0.25, 0.3) is 0 Å². The molecule has 1 aromatic carbocycles. The van der Waals surface area contributed by atoms with Crippen molar-refractivity contribution >= 4 is 11.8 Å². The number of benzene rings is 1. The number of amides is 1. The maximum absolute atomic E-state index is 13.3. The Morgan fingerprint density at radius 2 is 1.85 bits per heavy atom. The van der Waals surface area contributed by atoms with E-state index in [4.69, 9.17) is 4.74 Å². The molecule has 1 fully saturated rings. The van der Waals surface area contributed by atoms with Gasteiger partial charge in [-0.15, -0.1) is 0 Å². The van der Waals surface area contributed by atoms with Crippen LogP contribution in [0.4, 0.5) is 23.7 Å². The topological polar surface area (TPSA) is 32.8 Å². The fourth-order valence-electron chi connectivity index (χ4n) is 3.98. The van der Waals surface area contributed by atoms with Gasteiger partial charge < -0.3 is 14.5 Å². The zero-order valence-electron chi connectivity index (χ0n) is 15.8. The minimum atomic E-state index is -4.36. The summed E-state index contributed by atoms with van der Waals surface area (Å²) in [4.78, 5) is 16.1. The number of ether oxygens (including phenoxy) is 1. The summed E-state index contributed by atoms with van der Waals surface area (Å²) < 4.78 is 45.3. The smallest absolute Gasteiger partial charge is 0.416 e. The van der Waals surface area contributed by atoms with Crippen LogP contribution in [0.15, 0.2) is 12.1 Å². The van der Waals surface area contributed by atoms with E-state index < -0.39 is 17.3 Å². The Morgan fingerprint density at radius 3 is 2.42 bits per heavy atom. The minimum Gasteiger partial charge on any atom is -0.444 e. The van der Waals surface area contributed by atoms with E-state index in [1.807, 2.05) is 32.6 Å². The van der Waals surface area contributed by atoms with Gasteiger partial charge in [-0.05, 0) is 58.2 Å². The second-order valence-corrected chi connectivity index (χ2v) is 8.29. The molecule has 0 bridgehead atoms. The zero-order chi connectivity index (χ0) is 19.4. The largest absolute Gasteiger partial charge is 0.444 e. The van der Waals surface area contributed by atoms with Crippen LogP contribution >= 0.6 is 0 Å². The first-order chi connectivity index (χ1) is 11.9. The van der Waals surface area contributed by atoms with E-state index in [1.54, 1.807) is 11.0 Å². The molecule has 2 atom stereocenters. The molecule has 26 heavy (non-hydrogen) atoms. The van der Waals surface area contributed by atoms with Crippen LogP contribution in [0.1, 0.15) is 44.4 Å². The van der Waals surface area contributed by atoms with Crippen molar-refractivity contribution in [1.29, 1.82) is 0 Å². The molecule has 0 unspecified atom stereocenters. The summed E-state index contributed by atoms with van der Waals surface area (Å²) in [6, 6.07) is 2.81. The number of halogens is 3. The van der Waals surface area contributed by atoms with Gasteiger partial charge in [0, 0.05) is 24.8 Å². The van der Waals surface area contributed by atoms with Gasteiger partial charge in [0.15, 0.2) is 0 Å². The molecule has 0 N–H and O–H groups in total. The molecular weight excluding hydrogens is 345 g/mol. The molecule has 0 aliphatic carbocycles. The predicted molar refractivity (Wildman–Crippen MR) is 93.4 cm³/mol. The molecule has 0 aromatic heterocycles. The van der Waals surface area contributed by atoms with Crippen molar-refractivity contribution in [3.63, 3.8) is 0 Å². The summed E-state index contributed by atoms with van der Waals surface area (Å²) in [6.45, 7) is 9.77. The molecule has 0 saturated carbocycles. The van der Waals surface area contributed by atoms with Crippen LogP contribution in [-0.2, 0) is 17.3 Å². The Balaban J connectivity index is 1.86. The van der Waals surface area contributed by atoms with Crippen LogP contribution in [0.3, 0.4) is 0 Å². The van der Waals surface area contributed by atoms with Crippen molar-refractivity contribution in [3.8, 4) is 0 Å². The summed E-state index contributed by atoms with van der Waals surface area (Å²) in [5.74, 6) is 0. The summed E-state index contributed by atoms with van der Waals surface area (Å²) in [5, 5.41) is 0. The van der Waals surface area contributed by atoms with Gasteiger partial charge in [-0.25, -0.2) is 4.79 Å². The molecule has 2 aliphatic heterocycles. The number of nitrogens with zero attached hydrogens (tertiary/aromatic N) is 2. The van der Waals surface area contributed by atoms with E-state index >= 15 is 0 Å². The number of rotatable bonds is 0. The average molecular weight is 370 g/mol. The minimum absolute atomic E-state index is 0.0239. The van der Waals surface area contributed by atoms with Gasteiger partial charge in [-0.1, -0.05) is 6.07 Å². The fourth-order valence-corrected chi connectivity index (χ4v) is 3.98. The van der Waals surface area contributed by atoms with E-state index in [-0.39, 0.29) is 23.7 Å². The Kier molecular flexibility index (Phi) is 4.40. The summed E-state index contributed by atoms with van der Waals surface area (Å²) in [7, 11) is 0. The lowest BCUT2D eigenvalue weighted by atomic mass is 10.0. The Bertz CT molecular complexity index is 725. The lowest BCUT2D eigenvalue weighted by Gasteiger charge is -2.44. The van der Waals surface area contributed by atoms with Crippen LogP contribution in [0.25, 0.3) is 0 Å². The second-order valence-electron chi connectivity index (χ2n) is 8.29. The van der Waals surface area contributed by atoms with E-state index in [9.17, 15) is 18.0 Å². The van der Waals surface area contributed by atoms with Gasteiger partial charge in [0.2, 0.25) is 0 Å². The standard InChI is InChI=1S/C19H25F3N2O2/c1-11-6-13-7-14-10-23(17(25)26-18(3,4)5)9-12(2)24(14)16(13)8-15(11)19(20,21)22/h6,8,12,14H,7,9-10H2,1-5H3/t12-,14-/m1/s1. The van der Waals surface area contributed by atoms with Crippen LogP contribution in [0.5, 0.6) is 0 Å². The Hall–Kier alpha value is -1.92. The number of carbonyl (C=O) groups excluding carboxylic acids is 1. The van der Waals surface area contributed by atoms with E-state index in [2.05, 4.69) is 0 Å². The van der Waals surface area contributed by atoms with Crippen molar-refractivity contribution in [2.24, 2.45) is 0 Å². The molecule has 144 valence electrons. The molecular formula is C19H25F3N2O2. The Morgan fingerprint density at radius 1 is 1.19 bits per heavy atom. The van der Waals surface area contributed by atoms with Crippen molar-refractivity contribution in [2.75, 3.05) is 18.0 Å². The lowest BCUT2D eigenvalue weighted by molar-refractivity contribution is -0.138. The first kappa shape index (κ1) is 18.9. The third-order valence-electron chi connectivity index (χ3n) is 4.90. The summed E-state index contributed by atoms with van der Waals surface area (Å²) >= 11 is 0. The molecule has 2 aliphatic rings. The molecule has 1 amide bonds. The second kappa shape index (κ2) is 6.06. The molecule has 0 radical (unpaired) electrons. The van der Waals surface area contributed by atoms with Gasteiger partial charge in [-0.2, -0.15) is 13.2 Å². The molecule has 7 heteroatoms. The van der Waals surface area contributed by atoms with Crippen LogP contribution in [0, 0.1) is 6.92 Å². The Labute approximate surface area is 151 Å². The third kappa shape index (κ3) is 3.48. The van der Waals surface area contributed by atoms with E-state index in [0.717, 1.165) is 5.56 Å². The number of anilines is 1. The highest BCUT2D eigenvalue weighted by molar-refractivity contribution is 5.70. The van der Waals surface area contributed by atoms with Crippen molar-refractivity contribution in [2.45, 2.75) is 64.9 Å². The fraction of sp³-hybridized carbons (Fsp3) is 0.632. The van der Waals surface area contributed by atoms with Gasteiger partial charge >= 0.3 is 12.3 Å². The van der Waals surface area contributed by atoms with Crippen LogP contribution < -0.4 is 4.90 Å². The first-order valence-electron chi connectivity index (χ1n) is 8.84. The number of hydrogen-bond donors (Lipinski definition) is 0. The highest BCUT2D eigenvalue weighted by atomic mass is 19.4. The molecule has 1 saturated heterocycles. The third-order valence-corrected chi connectivity index (χ3v) is 4.90. The van der Waals surface area contributed by atoms with Gasteiger partial charge in [-0.3, -0.25) is 0 Å². The van der Waals surface area contributed by atoms with Crippen molar-refractivity contribution < 1.29 is 22.7 Å². The zero-order valence-corrected chi connectivity index (χ0v) is 15.8. The molecule has 1 aromatic rings. The van der Waals surface area contributed by atoms with Crippen molar-refractivity contribution in [1.82, 2.24) is 4.90 Å². The normalized spacial score (nSPS) is 22.9. The maximum atomic E-state index is 13.3. The average Bonchev–Trinajstić information content (AvgIpc) is 2.80. The van der Waals surface area contributed by atoms with Crippen LogP contribution in [0.2, 0.25) is 0 Å². The van der Waals surface area contributed by atoms with Gasteiger partial charge in [0.1, 0.15) is 5.60 Å². The highest BCUT2D eigenvalue weighted by Gasteiger charge is 2.42. The number of carbonyl (C=O) groups is 1. The lowest BCUT2D eigenvalue weighted by Crippen LogP contribution is -2.58. The highest BCUT2D eigenvalue weighted by Crippen LogP contribution is 2.42. The number of fused-ring (bicyclic) bond motifs is 3. The number of hydrogen-bond acceptors (Lipinski definition) is 3. The van der Waals surface area contributed by atoms with E-state index in [1.165, 1.54) is 13.0 Å². The quantitative estimate of drug-likeness (QED) is 0.679. The molecule has 0 spiro atoms. The van der Waals surface area contributed by atoms with E-state index in [0.29, 0.717) is 25.2 Å². The monoisotopic (exact) mass is 370 g/mol. The van der Waals surface area contributed by atoms with Crippen molar-refractivity contribution in [3.05, 3.63) is 28.8 Å². The van der Waals surface area contributed by atoms with Crippen LogP contribution in [-0.4, -0.2) is 41.8 Å². The summed E-state index contributed by atoms with van der Waals surface area (Å²) in [6.07, 6.45) is -4.09. The first-order valence-corrected chi connectivity index (χ1v) is 8.84. The predicted octanol–water partition coefficient (Wildman–Crippen LogP) is 4.38. The molecule has 2 heterocycles. The summed E-state index contributed by atoms with van der Waals surface area (Å²) in [5.41, 5.74) is 0.642.